The third kappa shape index (κ3) is 2.83. The van der Waals surface area contributed by atoms with E-state index in [1.807, 2.05) is 42.6 Å². The van der Waals surface area contributed by atoms with Crippen molar-refractivity contribution in [3.8, 4) is 0 Å². The van der Waals surface area contributed by atoms with Gasteiger partial charge in [-0.1, -0.05) is 18.2 Å². The lowest BCUT2D eigenvalue weighted by Gasteiger charge is -2.20. The van der Waals surface area contributed by atoms with E-state index in [-0.39, 0.29) is 5.91 Å². The van der Waals surface area contributed by atoms with Crippen molar-refractivity contribution >= 4 is 28.1 Å². The van der Waals surface area contributed by atoms with Gasteiger partial charge in [-0.15, -0.1) is 11.3 Å². The molecule has 2 heterocycles. The van der Waals surface area contributed by atoms with Crippen LogP contribution in [0.4, 0.5) is 10.8 Å². The van der Waals surface area contributed by atoms with Crippen molar-refractivity contribution in [2.45, 2.75) is 6.92 Å². The minimum atomic E-state index is -0.113. The summed E-state index contributed by atoms with van der Waals surface area (Å²) in [5, 5.41) is 2.60. The molecule has 0 radical (unpaired) electrons. The lowest BCUT2D eigenvalue weighted by atomic mass is 10.2. The second kappa shape index (κ2) is 5.85. The van der Waals surface area contributed by atoms with E-state index in [1.54, 1.807) is 29.4 Å². The summed E-state index contributed by atoms with van der Waals surface area (Å²) < 4.78 is 0. The number of anilines is 2. The van der Waals surface area contributed by atoms with Crippen LogP contribution in [0.3, 0.4) is 0 Å². The van der Waals surface area contributed by atoms with Crippen LogP contribution in [0, 0.1) is 6.92 Å². The number of carbonyl (C=O) groups excluding carboxylic acids is 1. The van der Waals surface area contributed by atoms with Gasteiger partial charge in [-0.3, -0.25) is 14.7 Å². The van der Waals surface area contributed by atoms with Gasteiger partial charge in [0.05, 0.1) is 11.4 Å². The van der Waals surface area contributed by atoms with Gasteiger partial charge >= 0.3 is 0 Å². The molecule has 1 aromatic carbocycles. The van der Waals surface area contributed by atoms with Crippen LogP contribution in [0.5, 0.6) is 0 Å². The summed E-state index contributed by atoms with van der Waals surface area (Å²) in [5.74, 6) is -0.113. The molecule has 4 nitrogen and oxygen atoms in total. The van der Waals surface area contributed by atoms with Gasteiger partial charge in [-0.05, 0) is 31.2 Å². The van der Waals surface area contributed by atoms with E-state index >= 15 is 0 Å². The Morgan fingerprint density at radius 2 is 1.81 bits per heavy atom. The summed E-state index contributed by atoms with van der Waals surface area (Å²) in [6.45, 7) is 1.92. The smallest absolute Gasteiger partial charge is 0.264 e. The molecule has 0 saturated heterocycles. The van der Waals surface area contributed by atoms with Gasteiger partial charge in [0.15, 0.2) is 5.13 Å². The van der Waals surface area contributed by atoms with Gasteiger partial charge in [-0.25, -0.2) is 4.98 Å². The topological polar surface area (TPSA) is 46.1 Å². The molecule has 2 aromatic heterocycles. The standard InChI is InChI=1S/C16H13N3OS/c1-12-11-21-16(18-12)19(14-5-3-2-4-6-14)15(20)13-7-9-17-10-8-13/h2-11H,1H3. The minimum Gasteiger partial charge on any atom is -0.268 e. The molecule has 0 fully saturated rings. The largest absolute Gasteiger partial charge is 0.268 e. The number of aryl methyl sites for hydroxylation is 1. The number of para-hydroxylation sites is 1. The lowest BCUT2D eigenvalue weighted by Crippen LogP contribution is -2.25. The first-order valence-corrected chi connectivity index (χ1v) is 7.35. The molecule has 0 N–H and O–H groups in total. The Morgan fingerprint density at radius 1 is 1.10 bits per heavy atom. The average molecular weight is 295 g/mol. The summed E-state index contributed by atoms with van der Waals surface area (Å²) >= 11 is 1.45. The van der Waals surface area contributed by atoms with E-state index in [0.717, 1.165) is 11.4 Å². The molecule has 0 bridgehead atoms. The second-order valence-corrected chi connectivity index (χ2v) is 5.32. The fraction of sp³-hybridized carbons (Fsp3) is 0.0625. The summed E-state index contributed by atoms with van der Waals surface area (Å²) in [4.78, 5) is 22.8. The van der Waals surface area contributed by atoms with Crippen LogP contribution in [-0.2, 0) is 0 Å². The van der Waals surface area contributed by atoms with Crippen molar-refractivity contribution in [2.24, 2.45) is 0 Å². The van der Waals surface area contributed by atoms with Crippen LogP contribution in [0.15, 0.2) is 60.2 Å². The Morgan fingerprint density at radius 3 is 2.43 bits per heavy atom. The van der Waals surface area contributed by atoms with Crippen molar-refractivity contribution in [1.82, 2.24) is 9.97 Å². The maximum Gasteiger partial charge on any atom is 0.264 e. The highest BCUT2D eigenvalue weighted by molar-refractivity contribution is 7.14. The summed E-state index contributed by atoms with van der Waals surface area (Å²) in [6.07, 6.45) is 3.23. The third-order valence-electron chi connectivity index (χ3n) is 2.94. The van der Waals surface area contributed by atoms with Gasteiger partial charge in [0.2, 0.25) is 0 Å². The van der Waals surface area contributed by atoms with E-state index in [9.17, 15) is 4.79 Å². The molecule has 1 amide bonds. The molecule has 0 spiro atoms. The highest BCUT2D eigenvalue weighted by Gasteiger charge is 2.22. The maximum atomic E-state index is 12.8. The van der Waals surface area contributed by atoms with Crippen LogP contribution < -0.4 is 4.90 Å². The van der Waals surface area contributed by atoms with E-state index in [1.165, 1.54) is 11.3 Å². The van der Waals surface area contributed by atoms with Crippen molar-refractivity contribution in [2.75, 3.05) is 4.90 Å². The summed E-state index contributed by atoms with van der Waals surface area (Å²) in [6, 6.07) is 12.9. The SMILES string of the molecule is Cc1csc(N(C(=O)c2ccncc2)c2ccccc2)n1. The van der Waals surface area contributed by atoms with Crippen LogP contribution in [0.2, 0.25) is 0 Å². The molecule has 104 valence electrons. The number of rotatable bonds is 3. The number of hydrogen-bond donors (Lipinski definition) is 0. The Bertz CT molecular complexity index is 740. The Labute approximate surface area is 126 Å². The molecule has 0 aliphatic rings. The number of amides is 1. The summed E-state index contributed by atoms with van der Waals surface area (Å²) in [5.41, 5.74) is 2.29. The van der Waals surface area contributed by atoms with E-state index < -0.39 is 0 Å². The maximum absolute atomic E-state index is 12.8. The van der Waals surface area contributed by atoms with Gasteiger partial charge < -0.3 is 0 Å². The zero-order valence-corrected chi connectivity index (χ0v) is 12.2. The van der Waals surface area contributed by atoms with E-state index in [4.69, 9.17) is 0 Å². The molecule has 0 unspecified atom stereocenters. The average Bonchev–Trinajstić information content (AvgIpc) is 2.95. The number of carbonyl (C=O) groups is 1. The predicted octanol–water partition coefficient (Wildman–Crippen LogP) is 3.83. The zero-order chi connectivity index (χ0) is 14.7. The molecule has 0 aliphatic carbocycles. The monoisotopic (exact) mass is 295 g/mol. The van der Waals surface area contributed by atoms with Crippen LogP contribution >= 0.6 is 11.3 Å². The zero-order valence-electron chi connectivity index (χ0n) is 11.4. The van der Waals surface area contributed by atoms with Gasteiger partial charge in [0.1, 0.15) is 0 Å². The number of thiazole rings is 1. The number of benzene rings is 1. The quantitative estimate of drug-likeness (QED) is 0.738. The highest BCUT2D eigenvalue weighted by Crippen LogP contribution is 2.29. The van der Waals surface area contributed by atoms with Crippen LogP contribution in [-0.4, -0.2) is 15.9 Å². The van der Waals surface area contributed by atoms with Crippen LogP contribution in [0.1, 0.15) is 16.1 Å². The normalized spacial score (nSPS) is 10.3. The Balaban J connectivity index is 2.07. The number of hydrogen-bond acceptors (Lipinski definition) is 4. The molecule has 5 heteroatoms. The number of aromatic nitrogens is 2. The molecule has 3 rings (SSSR count). The van der Waals surface area contributed by atoms with Gasteiger partial charge in [0.25, 0.3) is 5.91 Å². The molecule has 0 aliphatic heterocycles. The molecular weight excluding hydrogens is 282 g/mol. The minimum absolute atomic E-state index is 0.113. The first kappa shape index (κ1) is 13.5. The second-order valence-electron chi connectivity index (χ2n) is 4.48. The van der Waals surface area contributed by atoms with Gasteiger partial charge in [0, 0.05) is 23.3 Å². The Hall–Kier alpha value is -2.53. The van der Waals surface area contributed by atoms with Crippen molar-refractivity contribution in [1.29, 1.82) is 0 Å². The Kier molecular flexibility index (Phi) is 3.75. The van der Waals surface area contributed by atoms with Crippen molar-refractivity contribution < 1.29 is 4.79 Å². The number of nitrogens with zero attached hydrogens (tertiary/aromatic N) is 3. The fourth-order valence-electron chi connectivity index (χ4n) is 1.96. The third-order valence-corrected chi connectivity index (χ3v) is 3.89. The van der Waals surface area contributed by atoms with E-state index in [0.29, 0.717) is 10.7 Å². The number of pyridine rings is 1. The molecular formula is C16H13N3OS. The summed E-state index contributed by atoms with van der Waals surface area (Å²) in [7, 11) is 0. The van der Waals surface area contributed by atoms with Crippen molar-refractivity contribution in [3.05, 3.63) is 71.5 Å². The van der Waals surface area contributed by atoms with E-state index in [2.05, 4.69) is 9.97 Å². The van der Waals surface area contributed by atoms with Gasteiger partial charge in [-0.2, -0.15) is 0 Å². The predicted molar refractivity (Wildman–Crippen MR) is 84.0 cm³/mol. The fourth-order valence-corrected chi connectivity index (χ4v) is 2.78. The highest BCUT2D eigenvalue weighted by atomic mass is 32.1. The first-order chi connectivity index (χ1) is 10.3. The first-order valence-electron chi connectivity index (χ1n) is 6.47. The molecule has 0 saturated carbocycles. The van der Waals surface area contributed by atoms with Crippen LogP contribution in [0.25, 0.3) is 0 Å². The lowest BCUT2D eigenvalue weighted by molar-refractivity contribution is 0.0999. The molecule has 21 heavy (non-hydrogen) atoms. The molecule has 3 aromatic rings. The van der Waals surface area contributed by atoms with Crippen molar-refractivity contribution in [3.63, 3.8) is 0 Å². The molecule has 0 atom stereocenters.